The van der Waals surface area contributed by atoms with Gasteiger partial charge in [0.2, 0.25) is 5.91 Å². The normalized spacial score (nSPS) is 13.9. The number of para-hydroxylation sites is 1. The standard InChI is InChI=1S/C22H18FN3O4S2/c1-2-10-26-18-8-7-16(23)12-19(18)31-22(26)24-20(27)13-32(29,30)14-21(28)25-11-9-15-5-3-4-6-17(15)25/h1,3-8,12H,9-11,13-14H2. The van der Waals surface area contributed by atoms with Crippen molar-refractivity contribution in [2.24, 2.45) is 4.99 Å². The lowest BCUT2D eigenvalue weighted by atomic mass is 10.2. The van der Waals surface area contributed by atoms with Crippen molar-refractivity contribution in [2.75, 3.05) is 23.0 Å². The number of carbonyl (C=O) groups is 2. The molecule has 4 rings (SSSR count). The molecule has 0 spiro atoms. The van der Waals surface area contributed by atoms with E-state index in [1.807, 2.05) is 12.1 Å². The quantitative estimate of drug-likeness (QED) is 0.532. The molecule has 0 fully saturated rings. The van der Waals surface area contributed by atoms with Crippen LogP contribution in [0.5, 0.6) is 0 Å². The Morgan fingerprint density at radius 1 is 1.19 bits per heavy atom. The van der Waals surface area contributed by atoms with Crippen LogP contribution in [-0.2, 0) is 32.4 Å². The maximum atomic E-state index is 13.5. The molecule has 2 amide bonds. The Bertz CT molecular complexity index is 1450. The summed E-state index contributed by atoms with van der Waals surface area (Å²) in [4.78, 5) is 30.5. The van der Waals surface area contributed by atoms with Crippen molar-refractivity contribution in [2.45, 2.75) is 13.0 Å². The van der Waals surface area contributed by atoms with Gasteiger partial charge in [0.1, 0.15) is 17.3 Å². The molecule has 2 heterocycles. The molecule has 2 aromatic carbocycles. The second kappa shape index (κ2) is 8.68. The number of hydrogen-bond donors (Lipinski definition) is 0. The molecule has 0 saturated carbocycles. The number of thiazole rings is 1. The van der Waals surface area contributed by atoms with Crippen LogP contribution < -0.4 is 9.70 Å². The van der Waals surface area contributed by atoms with E-state index < -0.39 is 39.0 Å². The highest BCUT2D eigenvalue weighted by molar-refractivity contribution is 7.92. The molecule has 1 aliphatic heterocycles. The van der Waals surface area contributed by atoms with Crippen molar-refractivity contribution in [1.82, 2.24) is 4.57 Å². The van der Waals surface area contributed by atoms with Crippen LogP contribution in [0.4, 0.5) is 10.1 Å². The number of terminal acetylenes is 1. The van der Waals surface area contributed by atoms with Gasteiger partial charge in [-0.15, -0.1) is 6.42 Å². The lowest BCUT2D eigenvalue weighted by Crippen LogP contribution is -2.36. The van der Waals surface area contributed by atoms with Gasteiger partial charge in [-0.25, -0.2) is 12.8 Å². The molecule has 0 bridgehead atoms. The predicted octanol–water partition coefficient (Wildman–Crippen LogP) is 1.91. The maximum Gasteiger partial charge on any atom is 0.263 e. The first-order chi connectivity index (χ1) is 15.3. The van der Waals surface area contributed by atoms with Crippen molar-refractivity contribution in [1.29, 1.82) is 0 Å². The summed E-state index contributed by atoms with van der Waals surface area (Å²) in [5.41, 5.74) is 2.26. The average Bonchev–Trinajstić information content (AvgIpc) is 3.29. The molecule has 164 valence electrons. The molecule has 3 aromatic rings. The third kappa shape index (κ3) is 4.49. The Balaban J connectivity index is 1.54. The largest absolute Gasteiger partial charge is 0.311 e. The van der Waals surface area contributed by atoms with Gasteiger partial charge in [-0.2, -0.15) is 4.99 Å². The molecule has 0 N–H and O–H groups in total. The number of aromatic nitrogens is 1. The van der Waals surface area contributed by atoms with E-state index in [-0.39, 0.29) is 11.3 Å². The van der Waals surface area contributed by atoms with Crippen molar-refractivity contribution < 1.29 is 22.4 Å². The topological polar surface area (TPSA) is 88.8 Å². The highest BCUT2D eigenvalue weighted by atomic mass is 32.2. The van der Waals surface area contributed by atoms with Crippen LogP contribution in [0.25, 0.3) is 10.2 Å². The van der Waals surface area contributed by atoms with Crippen LogP contribution in [0, 0.1) is 18.2 Å². The molecule has 7 nitrogen and oxygen atoms in total. The van der Waals surface area contributed by atoms with Crippen LogP contribution in [0.15, 0.2) is 47.5 Å². The summed E-state index contributed by atoms with van der Waals surface area (Å²) in [7, 11) is -4.04. The molecule has 1 aromatic heterocycles. The van der Waals surface area contributed by atoms with Gasteiger partial charge in [0, 0.05) is 12.2 Å². The van der Waals surface area contributed by atoms with E-state index in [1.165, 1.54) is 27.7 Å². The minimum Gasteiger partial charge on any atom is -0.311 e. The summed E-state index contributed by atoms with van der Waals surface area (Å²) in [6.07, 6.45) is 6.04. The number of fused-ring (bicyclic) bond motifs is 2. The van der Waals surface area contributed by atoms with Gasteiger partial charge < -0.3 is 9.47 Å². The molecule has 0 aliphatic carbocycles. The Morgan fingerprint density at radius 2 is 1.97 bits per heavy atom. The van der Waals surface area contributed by atoms with E-state index >= 15 is 0 Å². The molecular formula is C22H18FN3O4S2. The summed E-state index contributed by atoms with van der Waals surface area (Å²) in [5, 5.41) is 0. The van der Waals surface area contributed by atoms with Crippen LogP contribution in [-0.4, -0.2) is 42.8 Å². The second-order valence-corrected chi connectivity index (χ2v) is 10.3. The molecular weight excluding hydrogens is 453 g/mol. The fourth-order valence-electron chi connectivity index (χ4n) is 3.62. The van der Waals surface area contributed by atoms with E-state index in [4.69, 9.17) is 6.42 Å². The van der Waals surface area contributed by atoms with Gasteiger partial charge in [-0.05, 0) is 36.2 Å². The Labute approximate surface area is 187 Å². The molecule has 0 radical (unpaired) electrons. The fraction of sp³-hybridized carbons (Fsp3) is 0.227. The number of anilines is 1. The van der Waals surface area contributed by atoms with Crippen molar-refractivity contribution in [3.63, 3.8) is 0 Å². The third-order valence-corrected chi connectivity index (χ3v) is 7.40. The first-order valence-electron chi connectivity index (χ1n) is 9.66. The smallest absolute Gasteiger partial charge is 0.263 e. The number of sulfone groups is 1. The summed E-state index contributed by atoms with van der Waals surface area (Å²) in [6, 6.07) is 11.4. The molecule has 0 saturated heterocycles. The van der Waals surface area contributed by atoms with E-state index in [0.717, 1.165) is 16.9 Å². The van der Waals surface area contributed by atoms with Crippen LogP contribution in [0.2, 0.25) is 0 Å². The third-order valence-electron chi connectivity index (χ3n) is 4.99. The number of benzene rings is 2. The van der Waals surface area contributed by atoms with Gasteiger partial charge in [0.05, 0.1) is 16.8 Å². The SMILES string of the molecule is C#CCn1c(=NC(=O)CS(=O)(=O)CC(=O)N2CCc3ccccc32)sc2cc(F)ccc21. The molecule has 0 unspecified atom stereocenters. The van der Waals surface area contributed by atoms with Gasteiger partial charge in [0.25, 0.3) is 5.91 Å². The first-order valence-corrected chi connectivity index (χ1v) is 12.3. The lowest BCUT2D eigenvalue weighted by Gasteiger charge is -2.17. The summed E-state index contributed by atoms with van der Waals surface area (Å²) in [6.45, 7) is 0.480. The van der Waals surface area contributed by atoms with Crippen LogP contribution >= 0.6 is 11.3 Å². The zero-order valence-electron chi connectivity index (χ0n) is 16.8. The first kappa shape index (κ1) is 21.9. The summed E-state index contributed by atoms with van der Waals surface area (Å²) >= 11 is 1.03. The lowest BCUT2D eigenvalue weighted by molar-refractivity contribution is -0.116. The molecule has 1 aliphatic rings. The zero-order chi connectivity index (χ0) is 22.9. The highest BCUT2D eigenvalue weighted by Crippen LogP contribution is 2.27. The van der Waals surface area contributed by atoms with Crippen LogP contribution in [0.1, 0.15) is 5.56 Å². The highest BCUT2D eigenvalue weighted by Gasteiger charge is 2.29. The van der Waals surface area contributed by atoms with E-state index in [9.17, 15) is 22.4 Å². The number of hydrogen-bond acceptors (Lipinski definition) is 5. The van der Waals surface area contributed by atoms with Gasteiger partial charge in [0.15, 0.2) is 14.6 Å². The van der Waals surface area contributed by atoms with Crippen molar-refractivity contribution in [3.05, 3.63) is 58.6 Å². The van der Waals surface area contributed by atoms with Gasteiger partial charge >= 0.3 is 0 Å². The van der Waals surface area contributed by atoms with E-state index in [0.29, 0.717) is 28.9 Å². The van der Waals surface area contributed by atoms with Gasteiger partial charge in [-0.1, -0.05) is 35.5 Å². The van der Waals surface area contributed by atoms with Gasteiger partial charge in [-0.3, -0.25) is 9.59 Å². The van der Waals surface area contributed by atoms with E-state index in [1.54, 1.807) is 12.1 Å². The number of halogens is 1. The number of rotatable bonds is 5. The van der Waals surface area contributed by atoms with Crippen molar-refractivity contribution in [3.8, 4) is 12.3 Å². The van der Waals surface area contributed by atoms with Crippen LogP contribution in [0.3, 0.4) is 0 Å². The molecule has 32 heavy (non-hydrogen) atoms. The minimum atomic E-state index is -4.04. The predicted molar refractivity (Wildman–Crippen MR) is 120 cm³/mol. The number of nitrogens with zero attached hydrogens (tertiary/aromatic N) is 3. The number of amides is 2. The average molecular weight is 472 g/mol. The fourth-order valence-corrected chi connectivity index (χ4v) is 5.76. The van der Waals surface area contributed by atoms with E-state index in [2.05, 4.69) is 10.9 Å². The molecule has 10 heteroatoms. The summed E-state index contributed by atoms with van der Waals surface area (Å²) in [5.74, 6) is -1.21. The monoisotopic (exact) mass is 471 g/mol. The zero-order valence-corrected chi connectivity index (χ0v) is 18.5. The van der Waals surface area contributed by atoms with Crippen molar-refractivity contribution >= 4 is 48.9 Å². The maximum absolute atomic E-state index is 13.5. The Morgan fingerprint density at radius 3 is 2.75 bits per heavy atom. The summed E-state index contributed by atoms with van der Waals surface area (Å²) < 4.78 is 40.6. The second-order valence-electron chi connectivity index (χ2n) is 7.25. The molecule has 0 atom stereocenters. The Hall–Kier alpha value is -3.29. The Kier molecular flexibility index (Phi) is 5.95. The number of carbonyl (C=O) groups excluding carboxylic acids is 2. The minimum absolute atomic E-state index is 0.0807.